The minimum atomic E-state index is -0.837. The van der Waals surface area contributed by atoms with E-state index in [0.29, 0.717) is 11.8 Å². The molecule has 0 spiro atoms. The number of nitrogens with one attached hydrogen (secondary N) is 2. The first-order valence-corrected chi connectivity index (χ1v) is 7.04. The fourth-order valence-corrected chi connectivity index (χ4v) is 2.23. The van der Waals surface area contributed by atoms with Gasteiger partial charge in [-0.1, -0.05) is 18.2 Å². The van der Waals surface area contributed by atoms with Crippen molar-refractivity contribution in [2.75, 3.05) is 5.32 Å². The molecule has 0 saturated carbocycles. The summed E-state index contributed by atoms with van der Waals surface area (Å²) in [6.45, 7) is 1.75. The van der Waals surface area contributed by atoms with Crippen LogP contribution >= 0.6 is 0 Å². The lowest BCUT2D eigenvalue weighted by atomic mass is 10.2. The van der Waals surface area contributed by atoms with Crippen molar-refractivity contribution >= 4 is 22.7 Å². The highest BCUT2D eigenvalue weighted by atomic mass is 19.1. The number of furan rings is 1. The fraction of sp³-hybridized carbons (Fsp3) is 0.118. The molecule has 4 nitrogen and oxygen atoms in total. The maximum Gasteiger partial charge on any atom is 0.319 e. The maximum absolute atomic E-state index is 13.5. The van der Waals surface area contributed by atoms with Crippen LogP contribution in [0, 0.1) is 11.6 Å². The minimum absolute atomic E-state index is 0.0966. The standard InChI is InChI=1S/C17H14F2N2O2/c1-10(16-8-11-4-2-3-5-15(11)23-16)20-17(22)21-14-7-6-12(18)9-13(14)19/h2-10H,1H3,(H2,20,21,22). The molecule has 0 aliphatic rings. The van der Waals surface area contributed by atoms with E-state index in [-0.39, 0.29) is 5.69 Å². The predicted octanol–water partition coefficient (Wildman–Crippen LogP) is 4.59. The van der Waals surface area contributed by atoms with Gasteiger partial charge in [-0.25, -0.2) is 13.6 Å². The smallest absolute Gasteiger partial charge is 0.319 e. The van der Waals surface area contributed by atoms with Crippen molar-refractivity contribution in [1.82, 2.24) is 5.32 Å². The molecular formula is C17H14F2N2O2. The van der Waals surface area contributed by atoms with Gasteiger partial charge in [-0.2, -0.15) is 0 Å². The Kier molecular flexibility index (Phi) is 3.97. The van der Waals surface area contributed by atoms with Crippen molar-refractivity contribution in [3.63, 3.8) is 0 Å². The zero-order chi connectivity index (χ0) is 16.4. The first-order valence-electron chi connectivity index (χ1n) is 7.04. The van der Waals surface area contributed by atoms with Crippen LogP contribution in [0.5, 0.6) is 0 Å². The third-order valence-electron chi connectivity index (χ3n) is 3.40. The summed E-state index contributed by atoms with van der Waals surface area (Å²) >= 11 is 0. The van der Waals surface area contributed by atoms with E-state index < -0.39 is 23.7 Å². The van der Waals surface area contributed by atoms with Crippen LogP contribution in [0.15, 0.2) is 52.9 Å². The Morgan fingerprint density at radius 3 is 2.65 bits per heavy atom. The summed E-state index contributed by atoms with van der Waals surface area (Å²) in [6, 6.07) is 11.2. The highest BCUT2D eigenvalue weighted by Crippen LogP contribution is 2.23. The monoisotopic (exact) mass is 316 g/mol. The van der Waals surface area contributed by atoms with Gasteiger partial charge in [0.15, 0.2) is 0 Å². The average Bonchev–Trinajstić information content (AvgIpc) is 2.94. The number of anilines is 1. The maximum atomic E-state index is 13.5. The van der Waals surface area contributed by atoms with Crippen molar-refractivity contribution in [3.05, 3.63) is 65.9 Å². The Hall–Kier alpha value is -2.89. The SMILES string of the molecule is CC(NC(=O)Nc1ccc(F)cc1F)c1cc2ccccc2o1. The van der Waals surface area contributed by atoms with Gasteiger partial charge < -0.3 is 15.1 Å². The van der Waals surface area contributed by atoms with Crippen molar-refractivity contribution in [1.29, 1.82) is 0 Å². The van der Waals surface area contributed by atoms with Gasteiger partial charge in [0, 0.05) is 11.5 Å². The van der Waals surface area contributed by atoms with Gasteiger partial charge in [0.05, 0.1) is 11.7 Å². The van der Waals surface area contributed by atoms with E-state index in [0.717, 1.165) is 23.1 Å². The number of benzene rings is 2. The zero-order valence-corrected chi connectivity index (χ0v) is 12.3. The molecule has 1 unspecified atom stereocenters. The first-order chi connectivity index (χ1) is 11.0. The summed E-state index contributed by atoms with van der Waals surface area (Å²) in [7, 11) is 0. The van der Waals surface area contributed by atoms with Crippen molar-refractivity contribution < 1.29 is 18.0 Å². The van der Waals surface area contributed by atoms with Crippen LogP contribution in [-0.2, 0) is 0 Å². The Balaban J connectivity index is 1.69. The van der Waals surface area contributed by atoms with Gasteiger partial charge in [0.1, 0.15) is 23.0 Å². The third-order valence-corrected chi connectivity index (χ3v) is 3.40. The molecule has 3 aromatic rings. The van der Waals surface area contributed by atoms with Crippen LogP contribution in [0.1, 0.15) is 18.7 Å². The molecule has 0 aliphatic heterocycles. The van der Waals surface area contributed by atoms with Crippen molar-refractivity contribution in [2.45, 2.75) is 13.0 Å². The summed E-state index contributed by atoms with van der Waals surface area (Å²) < 4.78 is 32.0. The molecule has 0 radical (unpaired) electrons. The number of hydrogen-bond donors (Lipinski definition) is 2. The summed E-state index contributed by atoms with van der Waals surface area (Å²) in [5.74, 6) is -0.957. The average molecular weight is 316 g/mol. The fourth-order valence-electron chi connectivity index (χ4n) is 2.23. The normalized spacial score (nSPS) is 12.1. The predicted molar refractivity (Wildman–Crippen MR) is 83.1 cm³/mol. The van der Waals surface area contributed by atoms with E-state index in [1.54, 1.807) is 6.92 Å². The largest absolute Gasteiger partial charge is 0.459 e. The number of hydrogen-bond acceptors (Lipinski definition) is 2. The Morgan fingerprint density at radius 1 is 1.13 bits per heavy atom. The lowest BCUT2D eigenvalue weighted by Crippen LogP contribution is -2.31. The molecule has 0 bridgehead atoms. The van der Waals surface area contributed by atoms with Gasteiger partial charge in [-0.3, -0.25) is 0 Å². The second-order valence-electron chi connectivity index (χ2n) is 5.13. The topological polar surface area (TPSA) is 54.3 Å². The number of carbonyl (C=O) groups excluding carboxylic acids is 1. The van der Waals surface area contributed by atoms with Crippen molar-refractivity contribution in [3.8, 4) is 0 Å². The lowest BCUT2D eigenvalue weighted by molar-refractivity contribution is 0.247. The van der Waals surface area contributed by atoms with E-state index >= 15 is 0 Å². The molecule has 2 aromatic carbocycles. The van der Waals surface area contributed by atoms with Crippen LogP contribution in [0.25, 0.3) is 11.0 Å². The first kappa shape index (κ1) is 15.0. The van der Waals surface area contributed by atoms with E-state index in [1.807, 2.05) is 30.3 Å². The van der Waals surface area contributed by atoms with Gasteiger partial charge in [0.2, 0.25) is 0 Å². The van der Waals surface area contributed by atoms with Crippen molar-refractivity contribution in [2.24, 2.45) is 0 Å². The summed E-state index contributed by atoms with van der Waals surface area (Å²) in [5, 5.41) is 5.91. The number of urea groups is 1. The molecule has 118 valence electrons. The molecule has 2 amide bonds. The quantitative estimate of drug-likeness (QED) is 0.742. The number of halogens is 2. The van der Waals surface area contributed by atoms with Crippen LogP contribution < -0.4 is 10.6 Å². The lowest BCUT2D eigenvalue weighted by Gasteiger charge is -2.13. The molecular weight excluding hydrogens is 302 g/mol. The Bertz CT molecular complexity index is 828. The second kappa shape index (κ2) is 6.08. The number of para-hydroxylation sites is 1. The van der Waals surface area contributed by atoms with Gasteiger partial charge in [-0.15, -0.1) is 0 Å². The molecule has 0 saturated heterocycles. The minimum Gasteiger partial charge on any atom is -0.459 e. The molecule has 2 N–H and O–H groups in total. The molecule has 0 aliphatic carbocycles. The molecule has 1 heterocycles. The van der Waals surface area contributed by atoms with Gasteiger partial charge in [0.25, 0.3) is 0 Å². The molecule has 0 fully saturated rings. The Labute approximate surface area is 131 Å². The zero-order valence-electron chi connectivity index (χ0n) is 12.3. The molecule has 23 heavy (non-hydrogen) atoms. The van der Waals surface area contributed by atoms with E-state index in [2.05, 4.69) is 10.6 Å². The van der Waals surface area contributed by atoms with Crippen LogP contribution in [0.3, 0.4) is 0 Å². The second-order valence-corrected chi connectivity index (χ2v) is 5.13. The Morgan fingerprint density at radius 2 is 1.91 bits per heavy atom. The van der Waals surface area contributed by atoms with Gasteiger partial charge in [-0.05, 0) is 31.2 Å². The van der Waals surface area contributed by atoms with Crippen LogP contribution in [0.4, 0.5) is 19.3 Å². The van der Waals surface area contributed by atoms with E-state index in [9.17, 15) is 13.6 Å². The van der Waals surface area contributed by atoms with Crippen LogP contribution in [-0.4, -0.2) is 6.03 Å². The number of amides is 2. The van der Waals surface area contributed by atoms with Crippen LogP contribution in [0.2, 0.25) is 0 Å². The summed E-state index contributed by atoms with van der Waals surface area (Å²) in [6.07, 6.45) is 0. The van der Waals surface area contributed by atoms with Gasteiger partial charge >= 0.3 is 6.03 Å². The highest BCUT2D eigenvalue weighted by Gasteiger charge is 2.15. The number of fused-ring (bicyclic) bond motifs is 1. The molecule has 3 rings (SSSR count). The number of carbonyl (C=O) groups is 1. The molecule has 1 aromatic heterocycles. The van der Waals surface area contributed by atoms with E-state index in [4.69, 9.17) is 4.42 Å². The molecule has 1 atom stereocenters. The molecule has 6 heteroatoms. The highest BCUT2D eigenvalue weighted by molar-refractivity contribution is 5.89. The van der Waals surface area contributed by atoms with E-state index in [1.165, 1.54) is 0 Å². The summed E-state index contributed by atoms with van der Waals surface area (Å²) in [5.41, 5.74) is 0.627. The third kappa shape index (κ3) is 3.31. The number of rotatable bonds is 3. The summed E-state index contributed by atoms with van der Waals surface area (Å²) in [4.78, 5) is 11.9.